The third-order valence-corrected chi connectivity index (χ3v) is 5.22. The third kappa shape index (κ3) is 3.40. The summed E-state index contributed by atoms with van der Waals surface area (Å²) in [7, 11) is 0.597. The molecule has 0 spiro atoms. The Morgan fingerprint density at radius 1 is 1.24 bits per heavy atom. The van der Waals surface area contributed by atoms with Crippen LogP contribution in [0.25, 0.3) is 0 Å². The summed E-state index contributed by atoms with van der Waals surface area (Å²) in [5.74, 6) is -2.68. The number of rotatable bonds is 3. The number of fused-ring (bicyclic) bond motifs is 1. The van der Waals surface area contributed by atoms with Crippen LogP contribution in [0.1, 0.15) is 21.2 Å². The first-order chi connectivity index (χ1) is 11.7. The summed E-state index contributed by atoms with van der Waals surface area (Å²) in [6, 6.07) is 6.11. The Hall–Kier alpha value is -1.94. The zero-order valence-electron chi connectivity index (χ0n) is 12.1. The molecule has 7 nitrogen and oxygen atoms in total. The summed E-state index contributed by atoms with van der Waals surface area (Å²) in [4.78, 5) is 38.5. The highest BCUT2D eigenvalue weighted by Crippen LogP contribution is 2.41. The van der Waals surface area contributed by atoms with Gasteiger partial charge in [0.05, 0.1) is 10.6 Å². The van der Waals surface area contributed by atoms with Gasteiger partial charge in [-0.1, -0.05) is 17.7 Å². The van der Waals surface area contributed by atoms with Crippen molar-refractivity contribution in [2.45, 2.75) is 5.92 Å². The molecule has 2 heterocycles. The van der Waals surface area contributed by atoms with Gasteiger partial charge in [0.15, 0.2) is 5.78 Å². The molecule has 11 heteroatoms. The van der Waals surface area contributed by atoms with E-state index in [1.54, 1.807) is 17.5 Å². The molecule has 2 aromatic rings. The molecule has 130 valence electrons. The molecule has 0 fully saturated rings. The third-order valence-electron chi connectivity index (χ3n) is 3.45. The van der Waals surface area contributed by atoms with Crippen LogP contribution in [0.15, 0.2) is 35.7 Å². The number of carbonyl (C=O) groups is 3. The number of ketones is 1. The molecule has 1 N–H and O–H groups in total. The van der Waals surface area contributed by atoms with E-state index in [4.69, 9.17) is 22.3 Å². The van der Waals surface area contributed by atoms with Crippen molar-refractivity contribution in [3.05, 3.63) is 51.2 Å². The van der Waals surface area contributed by atoms with Crippen LogP contribution in [0, 0.1) is 0 Å². The maximum atomic E-state index is 12.7. The van der Waals surface area contributed by atoms with Gasteiger partial charge in [-0.3, -0.25) is 9.59 Å². The van der Waals surface area contributed by atoms with Gasteiger partial charge in [0, 0.05) is 15.7 Å². The van der Waals surface area contributed by atoms with Crippen LogP contribution in [-0.2, 0) is 14.0 Å². The van der Waals surface area contributed by atoms with Crippen LogP contribution in [0.5, 0.6) is 0 Å². The summed E-state index contributed by atoms with van der Waals surface area (Å²) >= 11 is 7.09. The van der Waals surface area contributed by atoms with Crippen molar-refractivity contribution in [2.75, 3.05) is 4.90 Å². The fourth-order valence-electron chi connectivity index (χ4n) is 2.51. The van der Waals surface area contributed by atoms with Crippen LogP contribution >= 0.6 is 33.6 Å². The number of halogens is 2. The Kier molecular flexibility index (Phi) is 4.58. The van der Waals surface area contributed by atoms with Gasteiger partial charge in [-0.2, -0.15) is 8.42 Å². The summed E-state index contributed by atoms with van der Waals surface area (Å²) in [6.07, 6.45) is 0. The first-order valence-electron chi connectivity index (χ1n) is 6.66. The van der Waals surface area contributed by atoms with Gasteiger partial charge in [-0.05, 0) is 35.2 Å². The predicted octanol–water partition coefficient (Wildman–Crippen LogP) is 2.91. The molecular formula is C14H8Cl2N2O5S2. The second-order valence-corrected chi connectivity index (χ2v) is 8.68. The topological polar surface area (TPSA) is 101 Å². The molecule has 1 aliphatic rings. The number of Topliss-reactive ketones (excluding diaryl/α,β-unsaturated/α-hetero) is 1. The molecule has 25 heavy (non-hydrogen) atoms. The zero-order valence-corrected chi connectivity index (χ0v) is 15.2. The number of hydrogen-bond acceptors (Lipinski definition) is 6. The smallest absolute Gasteiger partial charge is 0.292 e. The molecular weight excluding hydrogens is 411 g/mol. The molecule has 0 radical (unpaired) electrons. The van der Waals surface area contributed by atoms with Crippen molar-refractivity contribution in [2.24, 2.45) is 0 Å². The number of anilines is 1. The minimum atomic E-state index is -4.41. The zero-order chi connectivity index (χ0) is 18.4. The quantitative estimate of drug-likeness (QED) is 0.469. The number of nitrogens with zero attached hydrogens (tertiary/aromatic N) is 1. The van der Waals surface area contributed by atoms with Crippen molar-refractivity contribution >= 4 is 66.3 Å². The maximum absolute atomic E-state index is 12.7. The fraction of sp³-hybridized carbons (Fsp3) is 0.0714. The molecule has 1 unspecified atom stereocenters. The standard InChI is InChI=1S/C14H8Cl2N2O5S2/c15-7-3-4-9-8(6-7)11(12(19)10-2-1-5-24-10)13(20)18(9)14(21)17-25(16,22)23/h1-6,11H,(H,17,21). The van der Waals surface area contributed by atoms with Crippen molar-refractivity contribution in [3.63, 3.8) is 0 Å². The number of urea groups is 1. The Morgan fingerprint density at radius 3 is 2.56 bits per heavy atom. The van der Waals surface area contributed by atoms with Crippen LogP contribution in [0.3, 0.4) is 0 Å². The minimum Gasteiger partial charge on any atom is -0.292 e. The van der Waals surface area contributed by atoms with Crippen molar-refractivity contribution in [1.82, 2.24) is 4.72 Å². The first kappa shape index (κ1) is 17.9. The van der Waals surface area contributed by atoms with E-state index in [1.165, 1.54) is 22.9 Å². The highest BCUT2D eigenvalue weighted by atomic mass is 35.7. The van der Waals surface area contributed by atoms with E-state index in [-0.39, 0.29) is 16.3 Å². The van der Waals surface area contributed by atoms with E-state index in [2.05, 4.69) is 0 Å². The molecule has 1 aromatic carbocycles. The molecule has 1 atom stereocenters. The number of amides is 3. The molecule has 0 saturated heterocycles. The lowest BCUT2D eigenvalue weighted by Gasteiger charge is -2.15. The second kappa shape index (κ2) is 6.41. The Bertz CT molecular complexity index is 989. The number of benzene rings is 1. The van der Waals surface area contributed by atoms with E-state index in [9.17, 15) is 22.8 Å². The average molecular weight is 419 g/mol. The first-order valence-corrected chi connectivity index (χ1v) is 10.2. The highest BCUT2D eigenvalue weighted by molar-refractivity contribution is 8.12. The Balaban J connectivity index is 2.08. The molecule has 0 saturated carbocycles. The summed E-state index contributed by atoms with van der Waals surface area (Å²) in [5.41, 5.74) is 0.292. The van der Waals surface area contributed by atoms with Crippen LogP contribution < -0.4 is 9.62 Å². The molecule has 0 bridgehead atoms. The average Bonchev–Trinajstić information content (AvgIpc) is 3.10. The van der Waals surface area contributed by atoms with Gasteiger partial charge in [0.1, 0.15) is 5.92 Å². The van der Waals surface area contributed by atoms with Gasteiger partial charge in [0.25, 0.3) is 5.91 Å². The summed E-state index contributed by atoms with van der Waals surface area (Å²) in [5, 5.41) is 1.94. The largest absolute Gasteiger partial charge is 0.343 e. The van der Waals surface area contributed by atoms with Gasteiger partial charge in [-0.15, -0.1) is 11.3 Å². The maximum Gasteiger partial charge on any atom is 0.343 e. The second-order valence-electron chi connectivity index (χ2n) is 5.00. The number of imide groups is 1. The van der Waals surface area contributed by atoms with E-state index in [1.807, 2.05) is 0 Å². The van der Waals surface area contributed by atoms with E-state index in [0.717, 1.165) is 11.3 Å². The molecule has 0 aliphatic carbocycles. The molecule has 3 amide bonds. The lowest BCUT2D eigenvalue weighted by Crippen LogP contribution is -2.44. The summed E-state index contributed by atoms with van der Waals surface area (Å²) in [6.45, 7) is 0. The van der Waals surface area contributed by atoms with Crippen LogP contribution in [-0.4, -0.2) is 26.1 Å². The number of hydrogen-bond donors (Lipinski definition) is 1. The SMILES string of the molecule is O=C(c1cccs1)C1C(=O)N(C(=O)NS(=O)(=O)Cl)c2ccc(Cl)cc21. The van der Waals surface area contributed by atoms with Crippen molar-refractivity contribution < 1.29 is 22.8 Å². The highest BCUT2D eigenvalue weighted by Gasteiger charge is 2.45. The molecule has 1 aliphatic heterocycles. The number of carbonyl (C=O) groups excluding carboxylic acids is 3. The Morgan fingerprint density at radius 2 is 1.96 bits per heavy atom. The Labute approximate surface area is 155 Å². The van der Waals surface area contributed by atoms with E-state index in [0.29, 0.717) is 9.78 Å². The minimum absolute atomic E-state index is 0.0714. The fourth-order valence-corrected chi connectivity index (χ4v) is 3.89. The predicted molar refractivity (Wildman–Crippen MR) is 93.6 cm³/mol. The molecule has 1 aromatic heterocycles. The van der Waals surface area contributed by atoms with Gasteiger partial charge >= 0.3 is 15.3 Å². The van der Waals surface area contributed by atoms with E-state index >= 15 is 0 Å². The summed E-state index contributed by atoms with van der Waals surface area (Å²) < 4.78 is 23.7. The van der Waals surface area contributed by atoms with E-state index < -0.39 is 32.9 Å². The lowest BCUT2D eigenvalue weighted by atomic mass is 9.95. The van der Waals surface area contributed by atoms with Crippen molar-refractivity contribution in [3.8, 4) is 0 Å². The van der Waals surface area contributed by atoms with Crippen molar-refractivity contribution in [1.29, 1.82) is 0 Å². The van der Waals surface area contributed by atoms with Crippen LogP contribution in [0.4, 0.5) is 10.5 Å². The monoisotopic (exact) mass is 418 g/mol. The normalized spacial score (nSPS) is 16.6. The van der Waals surface area contributed by atoms with Gasteiger partial charge < -0.3 is 0 Å². The lowest BCUT2D eigenvalue weighted by molar-refractivity contribution is -0.117. The van der Waals surface area contributed by atoms with Crippen LogP contribution in [0.2, 0.25) is 5.02 Å². The number of thiophene rings is 1. The molecule has 3 rings (SSSR count). The van der Waals surface area contributed by atoms with Gasteiger partial charge in [0.2, 0.25) is 0 Å². The number of nitrogens with one attached hydrogen (secondary N) is 1. The van der Waals surface area contributed by atoms with Gasteiger partial charge in [-0.25, -0.2) is 14.4 Å².